The second-order valence-electron chi connectivity index (χ2n) is 0.915. The van der Waals surface area contributed by atoms with Gasteiger partial charge >= 0.3 is 0 Å². The summed E-state index contributed by atoms with van der Waals surface area (Å²) >= 11 is 10.5. The largest absolute Gasteiger partial charge is 0.111 e. The fourth-order valence-corrected chi connectivity index (χ4v) is 0.378. The molecule has 2 heteroatoms. The third kappa shape index (κ3) is 4.32. The minimum Gasteiger partial charge on any atom is -0.105 e. The molecule has 0 aromatic carbocycles. The summed E-state index contributed by atoms with van der Waals surface area (Å²) in [5.41, 5.74) is 0. The van der Waals surface area contributed by atoms with Crippen LogP contribution in [-0.2, 0) is 0 Å². The van der Waals surface area contributed by atoms with Crippen molar-refractivity contribution in [2.24, 2.45) is 0 Å². The van der Waals surface area contributed by atoms with E-state index in [1.807, 2.05) is 0 Å². The Morgan fingerprint density at radius 2 is 2.17 bits per heavy atom. The Hall–Kier alpha value is 0.320. The van der Waals surface area contributed by atoms with Gasteiger partial charge in [-0.05, 0) is 6.42 Å². The van der Waals surface area contributed by atoms with Crippen LogP contribution in [0.1, 0.15) is 6.42 Å². The van der Waals surface area contributed by atoms with Crippen molar-refractivity contribution in [2.45, 2.75) is 11.3 Å². The van der Waals surface area contributed by atoms with Gasteiger partial charge < -0.3 is 0 Å². The van der Waals surface area contributed by atoms with Crippen molar-refractivity contribution in [3.05, 3.63) is 12.7 Å². The highest BCUT2D eigenvalue weighted by atomic mass is 35.5. The zero-order valence-corrected chi connectivity index (χ0v) is 4.84. The molecule has 0 fully saturated rings. The van der Waals surface area contributed by atoms with E-state index < -0.39 is 0 Å². The average Bonchev–Trinajstić information content (AvgIpc) is 1.35. The van der Waals surface area contributed by atoms with Crippen molar-refractivity contribution >= 4 is 23.2 Å². The predicted octanol–water partition coefficient (Wildman–Crippen LogP) is 2.37. The zero-order valence-electron chi connectivity index (χ0n) is 3.32. The number of rotatable bonds is 2. The van der Waals surface area contributed by atoms with E-state index in [-0.39, 0.29) is 4.84 Å². The van der Waals surface area contributed by atoms with Gasteiger partial charge in [-0.3, -0.25) is 0 Å². The van der Waals surface area contributed by atoms with Gasteiger partial charge in [0.25, 0.3) is 0 Å². The molecule has 0 N–H and O–H groups in total. The zero-order chi connectivity index (χ0) is 4.99. The summed E-state index contributed by atoms with van der Waals surface area (Å²) in [6.07, 6.45) is 2.35. The minimum atomic E-state index is -0.275. The SMILES string of the molecule is C=CCC(Cl)Cl. The molecule has 0 rings (SSSR count). The van der Waals surface area contributed by atoms with Crippen molar-refractivity contribution in [1.29, 1.82) is 0 Å². The lowest BCUT2D eigenvalue weighted by molar-refractivity contribution is 1.16. The molecule has 0 bridgehead atoms. The molecular formula is C4H6Cl2. The van der Waals surface area contributed by atoms with Gasteiger partial charge in [0.1, 0.15) is 4.84 Å². The Morgan fingerprint density at radius 1 is 1.67 bits per heavy atom. The molecule has 0 atom stereocenters. The molecule has 0 aliphatic heterocycles. The molecule has 0 aromatic rings. The van der Waals surface area contributed by atoms with E-state index in [1.165, 1.54) is 0 Å². The smallest absolute Gasteiger partial charge is 0.105 e. The fourth-order valence-electron chi connectivity index (χ4n) is 0.126. The van der Waals surface area contributed by atoms with Gasteiger partial charge in [-0.2, -0.15) is 0 Å². The molecule has 0 spiro atoms. The highest BCUT2D eigenvalue weighted by Gasteiger charge is 1.88. The normalized spacial score (nSPS) is 9.17. The van der Waals surface area contributed by atoms with E-state index in [0.29, 0.717) is 6.42 Å². The van der Waals surface area contributed by atoms with Crippen LogP contribution in [0.15, 0.2) is 12.7 Å². The quantitative estimate of drug-likeness (QED) is 0.392. The lowest BCUT2D eigenvalue weighted by Gasteiger charge is -1.86. The minimum absolute atomic E-state index is 0.275. The number of allylic oxidation sites excluding steroid dienone is 1. The van der Waals surface area contributed by atoms with Crippen LogP contribution in [0.4, 0.5) is 0 Å². The van der Waals surface area contributed by atoms with Crippen LogP contribution < -0.4 is 0 Å². The first kappa shape index (κ1) is 6.32. The second-order valence-corrected chi connectivity index (χ2v) is 2.19. The lowest BCUT2D eigenvalue weighted by atomic mass is 10.5. The van der Waals surface area contributed by atoms with Crippen molar-refractivity contribution < 1.29 is 0 Å². The van der Waals surface area contributed by atoms with Gasteiger partial charge in [0.2, 0.25) is 0 Å². The van der Waals surface area contributed by atoms with E-state index in [0.717, 1.165) is 0 Å². The molecular weight excluding hydrogens is 119 g/mol. The first-order chi connectivity index (χ1) is 2.77. The molecule has 0 unspecified atom stereocenters. The average molecular weight is 125 g/mol. The Bertz CT molecular complexity index is 40.8. The molecule has 36 valence electrons. The summed E-state index contributed by atoms with van der Waals surface area (Å²) in [4.78, 5) is -0.275. The molecule has 0 nitrogen and oxygen atoms in total. The number of alkyl halides is 2. The van der Waals surface area contributed by atoms with Crippen LogP contribution in [0.5, 0.6) is 0 Å². The van der Waals surface area contributed by atoms with Crippen LogP contribution in [-0.4, -0.2) is 4.84 Å². The summed E-state index contributed by atoms with van der Waals surface area (Å²) in [5, 5.41) is 0. The topological polar surface area (TPSA) is 0 Å². The Labute approximate surface area is 47.8 Å². The van der Waals surface area contributed by atoms with Crippen LogP contribution in [0, 0.1) is 0 Å². The molecule has 0 radical (unpaired) electrons. The lowest BCUT2D eigenvalue weighted by Crippen LogP contribution is -1.77. The highest BCUT2D eigenvalue weighted by Crippen LogP contribution is 2.05. The van der Waals surface area contributed by atoms with Crippen molar-refractivity contribution in [3.8, 4) is 0 Å². The molecule has 0 heterocycles. The Morgan fingerprint density at radius 3 is 2.17 bits per heavy atom. The predicted molar refractivity (Wildman–Crippen MR) is 30.3 cm³/mol. The van der Waals surface area contributed by atoms with E-state index in [9.17, 15) is 0 Å². The van der Waals surface area contributed by atoms with E-state index in [2.05, 4.69) is 6.58 Å². The number of halogens is 2. The maximum absolute atomic E-state index is 5.27. The fraction of sp³-hybridized carbons (Fsp3) is 0.500. The Kier molecular flexibility index (Phi) is 3.70. The maximum atomic E-state index is 5.27. The van der Waals surface area contributed by atoms with Crippen LogP contribution in [0.25, 0.3) is 0 Å². The second kappa shape index (κ2) is 3.51. The van der Waals surface area contributed by atoms with Gasteiger partial charge in [-0.15, -0.1) is 29.8 Å². The molecule has 0 aliphatic rings. The van der Waals surface area contributed by atoms with Crippen molar-refractivity contribution in [3.63, 3.8) is 0 Å². The van der Waals surface area contributed by atoms with Gasteiger partial charge in [0.05, 0.1) is 0 Å². The molecule has 0 aliphatic carbocycles. The maximum Gasteiger partial charge on any atom is 0.111 e. The standard InChI is InChI=1S/C4H6Cl2/c1-2-3-4(5)6/h2,4H,1,3H2. The highest BCUT2D eigenvalue weighted by molar-refractivity contribution is 6.44. The van der Waals surface area contributed by atoms with Crippen LogP contribution in [0.2, 0.25) is 0 Å². The summed E-state index contributed by atoms with van der Waals surface area (Å²) < 4.78 is 0. The van der Waals surface area contributed by atoms with Gasteiger partial charge in [0, 0.05) is 0 Å². The number of hydrogen-bond donors (Lipinski definition) is 0. The van der Waals surface area contributed by atoms with E-state index in [4.69, 9.17) is 23.2 Å². The van der Waals surface area contributed by atoms with Crippen molar-refractivity contribution in [2.75, 3.05) is 0 Å². The molecule has 0 saturated heterocycles. The van der Waals surface area contributed by atoms with Gasteiger partial charge in [-0.1, -0.05) is 6.08 Å². The van der Waals surface area contributed by atoms with Gasteiger partial charge in [-0.25, -0.2) is 0 Å². The third-order valence-electron chi connectivity index (χ3n) is 0.345. The summed E-state index contributed by atoms with van der Waals surface area (Å²) in [7, 11) is 0. The van der Waals surface area contributed by atoms with Crippen LogP contribution >= 0.6 is 23.2 Å². The van der Waals surface area contributed by atoms with Crippen molar-refractivity contribution in [1.82, 2.24) is 0 Å². The molecule has 0 amide bonds. The first-order valence-corrected chi connectivity index (χ1v) is 2.53. The summed E-state index contributed by atoms with van der Waals surface area (Å²) in [6, 6.07) is 0. The molecule has 0 saturated carbocycles. The van der Waals surface area contributed by atoms with Crippen LogP contribution in [0.3, 0.4) is 0 Å². The summed E-state index contributed by atoms with van der Waals surface area (Å²) in [6.45, 7) is 3.43. The molecule has 6 heavy (non-hydrogen) atoms. The van der Waals surface area contributed by atoms with Gasteiger partial charge in [0.15, 0.2) is 0 Å². The van der Waals surface area contributed by atoms with E-state index in [1.54, 1.807) is 6.08 Å². The molecule has 0 aromatic heterocycles. The summed E-state index contributed by atoms with van der Waals surface area (Å²) in [5.74, 6) is 0. The van der Waals surface area contributed by atoms with E-state index >= 15 is 0 Å². The number of hydrogen-bond acceptors (Lipinski definition) is 0. The Balaban J connectivity index is 2.81. The third-order valence-corrected chi connectivity index (χ3v) is 0.701. The monoisotopic (exact) mass is 124 g/mol. The first-order valence-electron chi connectivity index (χ1n) is 1.66.